The molecule has 0 saturated carbocycles. The van der Waals surface area contributed by atoms with Crippen LogP contribution < -0.4 is 5.32 Å². The molecule has 1 aliphatic heterocycles. The maximum atomic E-state index is 14.9. The van der Waals surface area contributed by atoms with Crippen LogP contribution in [0.25, 0.3) is 0 Å². The van der Waals surface area contributed by atoms with Crippen molar-refractivity contribution in [2.24, 2.45) is 0 Å². The van der Waals surface area contributed by atoms with Crippen LogP contribution in [0.2, 0.25) is 5.02 Å². The molecule has 1 saturated heterocycles. The van der Waals surface area contributed by atoms with Crippen LogP contribution in [0.5, 0.6) is 0 Å². The summed E-state index contributed by atoms with van der Waals surface area (Å²) < 4.78 is 14.9. The number of anilines is 1. The second-order valence-corrected chi connectivity index (χ2v) is 8.75. The SMILES string of the molecule is N=C(c1ccc(C(=O)Cc2ccccc2C(=O)Nc2ccc(Cl)cc2)c(F)c1)N1CCCCC1. The Morgan fingerprint density at radius 3 is 2.35 bits per heavy atom. The zero-order valence-electron chi connectivity index (χ0n) is 18.6. The first-order chi connectivity index (χ1) is 16.4. The number of likely N-dealkylation sites (tertiary alicyclic amines) is 1. The lowest BCUT2D eigenvalue weighted by molar-refractivity contribution is 0.0988. The fourth-order valence-corrected chi connectivity index (χ4v) is 4.21. The molecule has 3 aromatic carbocycles. The lowest BCUT2D eigenvalue weighted by Gasteiger charge is -2.29. The van der Waals surface area contributed by atoms with Gasteiger partial charge in [-0.15, -0.1) is 0 Å². The van der Waals surface area contributed by atoms with Crippen LogP contribution in [0.1, 0.15) is 51.1 Å². The van der Waals surface area contributed by atoms with E-state index in [-0.39, 0.29) is 23.7 Å². The monoisotopic (exact) mass is 477 g/mol. The van der Waals surface area contributed by atoms with Crippen LogP contribution >= 0.6 is 11.6 Å². The number of carbonyl (C=O) groups excluding carboxylic acids is 2. The van der Waals surface area contributed by atoms with Gasteiger partial charge in [0.05, 0.1) is 5.56 Å². The van der Waals surface area contributed by atoms with Gasteiger partial charge in [-0.25, -0.2) is 4.39 Å². The van der Waals surface area contributed by atoms with E-state index in [1.165, 1.54) is 12.1 Å². The van der Waals surface area contributed by atoms with Crippen molar-refractivity contribution in [3.05, 3.63) is 99.8 Å². The number of nitrogens with one attached hydrogen (secondary N) is 2. The van der Waals surface area contributed by atoms with Crippen LogP contribution in [-0.2, 0) is 6.42 Å². The predicted octanol–water partition coefficient (Wildman–Crippen LogP) is 5.97. The third-order valence-electron chi connectivity index (χ3n) is 5.93. The Labute approximate surface area is 203 Å². The van der Waals surface area contributed by atoms with E-state index in [9.17, 15) is 14.0 Å². The van der Waals surface area contributed by atoms with Crippen LogP contribution in [-0.4, -0.2) is 35.5 Å². The maximum Gasteiger partial charge on any atom is 0.255 e. The molecule has 4 rings (SSSR count). The summed E-state index contributed by atoms with van der Waals surface area (Å²) in [7, 11) is 0. The molecule has 1 amide bonds. The predicted molar refractivity (Wildman–Crippen MR) is 133 cm³/mol. The van der Waals surface area contributed by atoms with Gasteiger partial charge in [0.25, 0.3) is 5.91 Å². The van der Waals surface area contributed by atoms with E-state index in [0.29, 0.717) is 27.4 Å². The normalized spacial score (nSPS) is 13.4. The number of piperidine rings is 1. The third kappa shape index (κ3) is 5.51. The number of hydrogen-bond acceptors (Lipinski definition) is 3. The number of nitrogens with zero attached hydrogens (tertiary/aromatic N) is 1. The second-order valence-electron chi connectivity index (χ2n) is 8.31. The molecule has 1 fully saturated rings. The summed E-state index contributed by atoms with van der Waals surface area (Å²) in [4.78, 5) is 27.7. The van der Waals surface area contributed by atoms with Crippen LogP contribution in [0.4, 0.5) is 10.1 Å². The average molecular weight is 478 g/mol. The van der Waals surface area contributed by atoms with Crippen molar-refractivity contribution in [1.29, 1.82) is 5.41 Å². The molecule has 7 heteroatoms. The number of carbonyl (C=O) groups is 2. The van der Waals surface area contributed by atoms with Crippen LogP contribution in [0.15, 0.2) is 66.7 Å². The lowest BCUT2D eigenvalue weighted by Crippen LogP contribution is -2.35. The van der Waals surface area contributed by atoms with Gasteiger partial charge >= 0.3 is 0 Å². The van der Waals surface area contributed by atoms with E-state index in [0.717, 1.165) is 32.4 Å². The van der Waals surface area contributed by atoms with Gasteiger partial charge in [0.15, 0.2) is 5.78 Å². The van der Waals surface area contributed by atoms with Crippen LogP contribution in [0.3, 0.4) is 0 Å². The van der Waals surface area contributed by atoms with E-state index in [1.807, 2.05) is 4.90 Å². The Balaban J connectivity index is 1.49. The summed E-state index contributed by atoms with van der Waals surface area (Å²) in [6, 6.07) is 17.8. The Bertz CT molecular complexity index is 1220. The zero-order chi connectivity index (χ0) is 24.1. The van der Waals surface area contributed by atoms with Gasteiger partial charge in [-0.2, -0.15) is 0 Å². The highest BCUT2D eigenvalue weighted by atomic mass is 35.5. The minimum Gasteiger partial charge on any atom is -0.357 e. The first-order valence-electron chi connectivity index (χ1n) is 11.2. The molecule has 0 atom stereocenters. The summed E-state index contributed by atoms with van der Waals surface area (Å²) >= 11 is 5.89. The number of rotatable bonds is 6. The van der Waals surface area contributed by atoms with Crippen molar-refractivity contribution in [2.45, 2.75) is 25.7 Å². The van der Waals surface area contributed by atoms with Crippen LogP contribution in [0, 0.1) is 11.2 Å². The minimum absolute atomic E-state index is 0.0527. The molecular formula is C27H25ClFN3O2. The molecule has 34 heavy (non-hydrogen) atoms. The average Bonchev–Trinajstić information content (AvgIpc) is 2.85. The summed E-state index contributed by atoms with van der Waals surface area (Å²) in [5, 5.41) is 11.7. The van der Waals surface area contributed by atoms with E-state index in [1.54, 1.807) is 54.6 Å². The summed E-state index contributed by atoms with van der Waals surface area (Å²) in [6.45, 7) is 1.58. The smallest absolute Gasteiger partial charge is 0.255 e. The van der Waals surface area contributed by atoms with E-state index in [4.69, 9.17) is 17.0 Å². The number of benzene rings is 3. The second kappa shape index (κ2) is 10.6. The molecule has 3 aromatic rings. The fourth-order valence-electron chi connectivity index (χ4n) is 4.08. The Kier molecular flexibility index (Phi) is 7.38. The van der Waals surface area contributed by atoms with Crippen molar-refractivity contribution < 1.29 is 14.0 Å². The molecule has 0 bridgehead atoms. The molecule has 0 aromatic heterocycles. The molecule has 174 valence electrons. The van der Waals surface area contributed by atoms with Gasteiger partial charge in [0.1, 0.15) is 11.7 Å². The highest BCUT2D eigenvalue weighted by Gasteiger charge is 2.20. The molecule has 0 unspecified atom stereocenters. The van der Waals surface area contributed by atoms with Crippen molar-refractivity contribution in [2.75, 3.05) is 18.4 Å². The highest BCUT2D eigenvalue weighted by molar-refractivity contribution is 6.30. The van der Waals surface area contributed by atoms with Crippen molar-refractivity contribution >= 4 is 34.8 Å². The largest absolute Gasteiger partial charge is 0.357 e. The molecule has 0 spiro atoms. The number of amides is 1. The van der Waals surface area contributed by atoms with Crippen molar-refractivity contribution in [3.8, 4) is 0 Å². The van der Waals surface area contributed by atoms with E-state index in [2.05, 4.69) is 5.32 Å². The first-order valence-corrected chi connectivity index (χ1v) is 11.6. The topological polar surface area (TPSA) is 73.3 Å². The molecule has 0 aliphatic carbocycles. The quantitative estimate of drug-likeness (QED) is 0.261. The minimum atomic E-state index is -0.660. The number of amidine groups is 1. The molecular weight excluding hydrogens is 453 g/mol. The van der Waals surface area contributed by atoms with E-state index >= 15 is 0 Å². The van der Waals surface area contributed by atoms with E-state index < -0.39 is 11.6 Å². The van der Waals surface area contributed by atoms with Gasteiger partial charge in [-0.1, -0.05) is 35.9 Å². The van der Waals surface area contributed by atoms with Gasteiger partial charge in [0.2, 0.25) is 0 Å². The third-order valence-corrected chi connectivity index (χ3v) is 6.18. The number of halogens is 2. The molecule has 0 radical (unpaired) electrons. The van der Waals surface area contributed by atoms with Crippen molar-refractivity contribution in [1.82, 2.24) is 4.90 Å². The fraction of sp³-hybridized carbons (Fsp3) is 0.222. The van der Waals surface area contributed by atoms with Gasteiger partial charge in [0, 0.05) is 41.3 Å². The molecule has 5 nitrogen and oxygen atoms in total. The lowest BCUT2D eigenvalue weighted by atomic mass is 9.97. The Morgan fingerprint density at radius 2 is 1.65 bits per heavy atom. The summed E-state index contributed by atoms with van der Waals surface area (Å²) in [5.74, 6) is -1.18. The molecule has 1 heterocycles. The summed E-state index contributed by atoms with van der Waals surface area (Å²) in [5.41, 5.74) is 1.83. The zero-order valence-corrected chi connectivity index (χ0v) is 19.4. The molecule has 2 N–H and O–H groups in total. The maximum absolute atomic E-state index is 14.9. The number of Topliss-reactive ketones (excluding diaryl/α,β-unsaturated/α-hetero) is 1. The van der Waals surface area contributed by atoms with Gasteiger partial charge in [-0.3, -0.25) is 15.0 Å². The van der Waals surface area contributed by atoms with Gasteiger partial charge in [-0.05, 0) is 67.3 Å². The summed E-state index contributed by atoms with van der Waals surface area (Å²) in [6.07, 6.45) is 3.06. The highest BCUT2D eigenvalue weighted by Crippen LogP contribution is 2.20. The van der Waals surface area contributed by atoms with Crippen molar-refractivity contribution in [3.63, 3.8) is 0 Å². The first kappa shape index (κ1) is 23.6. The Morgan fingerprint density at radius 1 is 0.941 bits per heavy atom. The number of ketones is 1. The standard InChI is InChI=1S/C27H25ClFN3O2/c28-20-9-11-21(12-10-20)31-27(34)22-7-3-2-6-18(22)17-25(33)23-13-8-19(16-24(23)29)26(30)32-14-4-1-5-15-32/h2-3,6-13,16,30H,1,4-5,14-15,17H2,(H,31,34). The van der Waals surface area contributed by atoms with Gasteiger partial charge < -0.3 is 10.2 Å². The molecule has 1 aliphatic rings. The number of hydrogen-bond donors (Lipinski definition) is 2. The Hall–Kier alpha value is -3.51.